The SMILES string of the molecule is CC(OCCN(C)C)C(=O)O.Cl. The molecular formula is C7H16ClNO3. The van der Waals surface area contributed by atoms with Gasteiger partial charge in [0, 0.05) is 6.54 Å². The van der Waals surface area contributed by atoms with E-state index in [4.69, 9.17) is 9.84 Å². The molecule has 74 valence electrons. The first-order valence-electron chi connectivity index (χ1n) is 3.53. The van der Waals surface area contributed by atoms with E-state index in [9.17, 15) is 4.79 Å². The van der Waals surface area contributed by atoms with Crippen LogP contribution >= 0.6 is 12.4 Å². The number of hydrogen-bond donors (Lipinski definition) is 1. The van der Waals surface area contributed by atoms with Crippen LogP contribution < -0.4 is 0 Å². The normalized spacial score (nSPS) is 12.3. The summed E-state index contributed by atoms with van der Waals surface area (Å²) in [7, 11) is 3.82. The van der Waals surface area contributed by atoms with Gasteiger partial charge < -0.3 is 14.7 Å². The molecule has 5 heteroatoms. The Morgan fingerprint density at radius 1 is 1.58 bits per heavy atom. The van der Waals surface area contributed by atoms with E-state index >= 15 is 0 Å². The lowest BCUT2D eigenvalue weighted by atomic mass is 10.4. The lowest BCUT2D eigenvalue weighted by molar-refractivity contribution is -0.149. The Morgan fingerprint density at radius 3 is 2.42 bits per heavy atom. The van der Waals surface area contributed by atoms with E-state index < -0.39 is 12.1 Å². The fraction of sp³-hybridized carbons (Fsp3) is 0.857. The van der Waals surface area contributed by atoms with Crippen LogP contribution in [0.2, 0.25) is 0 Å². The molecule has 0 bridgehead atoms. The molecule has 0 amide bonds. The minimum atomic E-state index is -0.913. The number of ether oxygens (including phenoxy) is 1. The Hall–Kier alpha value is -0.320. The van der Waals surface area contributed by atoms with E-state index in [2.05, 4.69) is 0 Å². The molecule has 0 aliphatic carbocycles. The quantitative estimate of drug-likeness (QED) is 0.696. The molecule has 0 heterocycles. The Kier molecular flexibility index (Phi) is 8.69. The second-order valence-electron chi connectivity index (χ2n) is 2.65. The third-order valence-electron chi connectivity index (χ3n) is 1.25. The van der Waals surface area contributed by atoms with E-state index in [0.29, 0.717) is 6.61 Å². The second-order valence-corrected chi connectivity index (χ2v) is 2.65. The molecule has 0 aromatic heterocycles. The standard InChI is InChI=1S/C7H15NO3.ClH/c1-6(7(9)10)11-5-4-8(2)3;/h6H,4-5H2,1-3H3,(H,9,10);1H. The van der Waals surface area contributed by atoms with Crippen LogP contribution in [0.1, 0.15) is 6.92 Å². The summed E-state index contributed by atoms with van der Waals surface area (Å²) in [5, 5.41) is 8.41. The van der Waals surface area contributed by atoms with Gasteiger partial charge in [0.15, 0.2) is 6.10 Å². The van der Waals surface area contributed by atoms with Gasteiger partial charge in [-0.1, -0.05) is 0 Å². The second kappa shape index (κ2) is 7.34. The lowest BCUT2D eigenvalue weighted by Crippen LogP contribution is -2.25. The van der Waals surface area contributed by atoms with Gasteiger partial charge in [-0.05, 0) is 21.0 Å². The molecule has 0 aliphatic rings. The maximum absolute atomic E-state index is 10.2. The van der Waals surface area contributed by atoms with Crippen molar-refractivity contribution < 1.29 is 14.6 Å². The first-order valence-corrected chi connectivity index (χ1v) is 3.53. The summed E-state index contributed by atoms with van der Waals surface area (Å²) in [5.41, 5.74) is 0. The van der Waals surface area contributed by atoms with Crippen LogP contribution in [0.25, 0.3) is 0 Å². The van der Waals surface area contributed by atoms with Crippen molar-refractivity contribution in [2.45, 2.75) is 13.0 Å². The monoisotopic (exact) mass is 197 g/mol. The molecule has 0 spiro atoms. The van der Waals surface area contributed by atoms with Gasteiger partial charge in [0.25, 0.3) is 0 Å². The lowest BCUT2D eigenvalue weighted by Gasteiger charge is -2.11. The number of halogens is 1. The van der Waals surface area contributed by atoms with Gasteiger partial charge in [-0.15, -0.1) is 12.4 Å². The summed E-state index contributed by atoms with van der Waals surface area (Å²) in [6.45, 7) is 2.73. The number of rotatable bonds is 5. The van der Waals surface area contributed by atoms with Crippen molar-refractivity contribution in [1.29, 1.82) is 0 Å². The minimum absolute atomic E-state index is 0. The molecule has 1 unspecified atom stereocenters. The van der Waals surface area contributed by atoms with Crippen LogP contribution in [0.5, 0.6) is 0 Å². The Morgan fingerprint density at radius 2 is 2.08 bits per heavy atom. The highest BCUT2D eigenvalue weighted by Gasteiger charge is 2.09. The first-order chi connectivity index (χ1) is 5.04. The van der Waals surface area contributed by atoms with Crippen molar-refractivity contribution in [3.63, 3.8) is 0 Å². The molecule has 0 saturated carbocycles. The smallest absolute Gasteiger partial charge is 0.332 e. The summed E-state index contributed by atoms with van der Waals surface area (Å²) in [6, 6.07) is 0. The first kappa shape index (κ1) is 14.2. The van der Waals surface area contributed by atoms with E-state index in [1.54, 1.807) is 0 Å². The predicted molar refractivity (Wildman–Crippen MR) is 48.9 cm³/mol. The van der Waals surface area contributed by atoms with Crippen LogP contribution in [-0.2, 0) is 9.53 Å². The van der Waals surface area contributed by atoms with Crippen LogP contribution in [0, 0.1) is 0 Å². The van der Waals surface area contributed by atoms with Gasteiger partial charge >= 0.3 is 5.97 Å². The van der Waals surface area contributed by atoms with Gasteiger partial charge in [-0.3, -0.25) is 0 Å². The average Bonchev–Trinajstić information content (AvgIpc) is 1.86. The van der Waals surface area contributed by atoms with Crippen LogP contribution in [0.15, 0.2) is 0 Å². The van der Waals surface area contributed by atoms with Crippen LogP contribution in [-0.4, -0.2) is 49.3 Å². The van der Waals surface area contributed by atoms with Gasteiger partial charge in [0.2, 0.25) is 0 Å². The third-order valence-corrected chi connectivity index (χ3v) is 1.25. The van der Waals surface area contributed by atoms with Crippen molar-refractivity contribution in [1.82, 2.24) is 4.90 Å². The zero-order valence-corrected chi connectivity index (χ0v) is 8.43. The molecule has 0 aliphatic heterocycles. The molecule has 0 rings (SSSR count). The summed E-state index contributed by atoms with van der Waals surface area (Å²) < 4.78 is 4.97. The molecule has 0 aromatic carbocycles. The van der Waals surface area contributed by atoms with Crippen LogP contribution in [0.3, 0.4) is 0 Å². The molecule has 12 heavy (non-hydrogen) atoms. The van der Waals surface area contributed by atoms with Crippen molar-refractivity contribution in [2.24, 2.45) is 0 Å². The zero-order valence-electron chi connectivity index (χ0n) is 7.61. The fourth-order valence-electron chi connectivity index (χ4n) is 0.483. The maximum atomic E-state index is 10.2. The number of carboxylic acids is 1. The maximum Gasteiger partial charge on any atom is 0.332 e. The molecule has 1 atom stereocenters. The van der Waals surface area contributed by atoms with Crippen molar-refractivity contribution in [3.8, 4) is 0 Å². The molecule has 0 fully saturated rings. The predicted octanol–water partition coefficient (Wildman–Crippen LogP) is 0.460. The molecular weight excluding hydrogens is 182 g/mol. The highest BCUT2D eigenvalue weighted by atomic mass is 35.5. The number of carboxylic acid groups (broad SMARTS) is 1. The Labute approximate surface area is 78.9 Å². The van der Waals surface area contributed by atoms with Gasteiger partial charge in [0.1, 0.15) is 0 Å². The van der Waals surface area contributed by atoms with Gasteiger partial charge in [-0.25, -0.2) is 4.79 Å². The zero-order chi connectivity index (χ0) is 8.85. The molecule has 4 nitrogen and oxygen atoms in total. The van der Waals surface area contributed by atoms with E-state index in [1.165, 1.54) is 6.92 Å². The van der Waals surface area contributed by atoms with Crippen molar-refractivity contribution in [2.75, 3.05) is 27.2 Å². The van der Waals surface area contributed by atoms with Crippen LogP contribution in [0.4, 0.5) is 0 Å². The van der Waals surface area contributed by atoms with Gasteiger partial charge in [0.05, 0.1) is 6.61 Å². The average molecular weight is 198 g/mol. The van der Waals surface area contributed by atoms with Crippen molar-refractivity contribution in [3.05, 3.63) is 0 Å². The number of nitrogens with zero attached hydrogens (tertiary/aromatic N) is 1. The number of aliphatic carboxylic acids is 1. The highest BCUT2D eigenvalue weighted by molar-refractivity contribution is 5.85. The number of likely N-dealkylation sites (N-methyl/N-ethyl adjacent to an activating group) is 1. The number of hydrogen-bond acceptors (Lipinski definition) is 3. The van der Waals surface area contributed by atoms with Crippen molar-refractivity contribution >= 4 is 18.4 Å². The van der Waals surface area contributed by atoms with E-state index in [0.717, 1.165) is 6.54 Å². The summed E-state index contributed by atoms with van der Waals surface area (Å²) >= 11 is 0. The minimum Gasteiger partial charge on any atom is -0.479 e. The molecule has 0 aromatic rings. The molecule has 1 N–H and O–H groups in total. The van der Waals surface area contributed by atoms with E-state index in [-0.39, 0.29) is 12.4 Å². The highest BCUT2D eigenvalue weighted by Crippen LogP contribution is 1.89. The molecule has 0 saturated heterocycles. The summed E-state index contributed by atoms with van der Waals surface area (Å²) in [6.07, 6.45) is -0.699. The van der Waals surface area contributed by atoms with E-state index in [1.807, 2.05) is 19.0 Å². The Balaban J connectivity index is 0. The largest absolute Gasteiger partial charge is 0.479 e. The number of carbonyl (C=O) groups is 1. The summed E-state index contributed by atoms with van der Waals surface area (Å²) in [4.78, 5) is 12.2. The summed E-state index contributed by atoms with van der Waals surface area (Å²) in [5.74, 6) is -0.913. The fourth-order valence-corrected chi connectivity index (χ4v) is 0.483. The van der Waals surface area contributed by atoms with Gasteiger partial charge in [-0.2, -0.15) is 0 Å². The third kappa shape index (κ3) is 7.78. The Bertz CT molecular complexity index is 130. The molecule has 0 radical (unpaired) electrons. The topological polar surface area (TPSA) is 49.8 Å².